The number of nitrogens with zero attached hydrogens (tertiary/aromatic N) is 1. The molecule has 1 aliphatic carbocycles. The summed E-state index contributed by atoms with van der Waals surface area (Å²) in [5, 5.41) is 7.13. The van der Waals surface area contributed by atoms with Crippen LogP contribution in [0.1, 0.15) is 51.4 Å². The Balaban J connectivity index is 1.51. The molecule has 3 nitrogen and oxygen atoms in total. The van der Waals surface area contributed by atoms with Crippen LogP contribution in [0.25, 0.3) is 0 Å². The van der Waals surface area contributed by atoms with Crippen molar-refractivity contribution in [3.05, 3.63) is 0 Å². The third-order valence-electron chi connectivity index (χ3n) is 4.66. The highest BCUT2D eigenvalue weighted by Crippen LogP contribution is 2.21. The summed E-state index contributed by atoms with van der Waals surface area (Å²) < 4.78 is 0. The molecule has 0 spiro atoms. The number of hydrogen-bond donors (Lipinski definition) is 2. The summed E-state index contributed by atoms with van der Waals surface area (Å²) in [5.41, 5.74) is 0. The minimum absolute atomic E-state index is 0.770. The highest BCUT2D eigenvalue weighted by molar-refractivity contribution is 4.76. The van der Waals surface area contributed by atoms with Crippen molar-refractivity contribution in [1.82, 2.24) is 15.5 Å². The Labute approximate surface area is 113 Å². The molecule has 0 amide bonds. The Kier molecular flexibility index (Phi) is 6.46. The van der Waals surface area contributed by atoms with Gasteiger partial charge in [-0.1, -0.05) is 19.3 Å². The molecule has 1 heterocycles. The Morgan fingerprint density at radius 3 is 2.50 bits per heavy atom. The van der Waals surface area contributed by atoms with Crippen LogP contribution in [0.5, 0.6) is 0 Å². The summed E-state index contributed by atoms with van der Waals surface area (Å²) in [6.45, 7) is 4.85. The monoisotopic (exact) mass is 253 g/mol. The molecule has 0 aromatic carbocycles. The maximum absolute atomic E-state index is 3.71. The lowest BCUT2D eigenvalue weighted by atomic mass is 9.94. The first-order valence-electron chi connectivity index (χ1n) is 8.00. The molecule has 0 bridgehead atoms. The molecule has 0 aromatic heterocycles. The predicted octanol–water partition coefficient (Wildman–Crippen LogP) is 1.98. The zero-order chi connectivity index (χ0) is 12.6. The molecule has 0 radical (unpaired) electrons. The molecule has 2 aliphatic rings. The third kappa shape index (κ3) is 4.87. The van der Waals surface area contributed by atoms with Crippen molar-refractivity contribution in [3.8, 4) is 0 Å². The molecule has 0 unspecified atom stereocenters. The molecule has 1 saturated carbocycles. The summed E-state index contributed by atoms with van der Waals surface area (Å²) in [7, 11) is 2.32. The van der Waals surface area contributed by atoms with E-state index in [1.54, 1.807) is 0 Å². The van der Waals surface area contributed by atoms with Crippen molar-refractivity contribution in [2.75, 3.05) is 33.2 Å². The lowest BCUT2D eigenvalue weighted by molar-refractivity contribution is 0.188. The quantitative estimate of drug-likeness (QED) is 0.709. The summed E-state index contributed by atoms with van der Waals surface area (Å²) in [6.07, 6.45) is 11.1. The fraction of sp³-hybridized carbons (Fsp3) is 1.00. The summed E-state index contributed by atoms with van der Waals surface area (Å²) in [5.74, 6) is 0. The molecule has 1 aliphatic heterocycles. The highest BCUT2D eigenvalue weighted by atomic mass is 15.1. The van der Waals surface area contributed by atoms with E-state index in [2.05, 4.69) is 22.6 Å². The van der Waals surface area contributed by atoms with Gasteiger partial charge in [0.2, 0.25) is 0 Å². The van der Waals surface area contributed by atoms with Crippen LogP contribution in [0.15, 0.2) is 0 Å². The lowest BCUT2D eigenvalue weighted by Crippen LogP contribution is -2.41. The third-order valence-corrected chi connectivity index (χ3v) is 4.66. The van der Waals surface area contributed by atoms with Crippen molar-refractivity contribution in [1.29, 1.82) is 0 Å². The maximum atomic E-state index is 3.71. The fourth-order valence-corrected chi connectivity index (χ4v) is 3.37. The zero-order valence-electron chi connectivity index (χ0n) is 12.1. The second-order valence-corrected chi connectivity index (χ2v) is 6.10. The fourth-order valence-electron chi connectivity index (χ4n) is 3.37. The van der Waals surface area contributed by atoms with E-state index < -0.39 is 0 Å². The normalized spacial score (nSPS) is 23.7. The number of nitrogens with one attached hydrogen (secondary N) is 2. The molecule has 2 N–H and O–H groups in total. The molecule has 18 heavy (non-hydrogen) atoms. The van der Waals surface area contributed by atoms with E-state index in [-0.39, 0.29) is 0 Å². The molecule has 0 aromatic rings. The van der Waals surface area contributed by atoms with Crippen LogP contribution in [-0.4, -0.2) is 50.2 Å². The minimum Gasteiger partial charge on any atom is -0.317 e. The SMILES string of the molecule is CN(CCCNC1CCNCC1)C1CCCCC1. The van der Waals surface area contributed by atoms with Crippen molar-refractivity contribution < 1.29 is 0 Å². The van der Waals surface area contributed by atoms with E-state index in [9.17, 15) is 0 Å². The Hall–Kier alpha value is -0.120. The Morgan fingerprint density at radius 1 is 1.06 bits per heavy atom. The van der Waals surface area contributed by atoms with Crippen molar-refractivity contribution >= 4 is 0 Å². The van der Waals surface area contributed by atoms with Crippen LogP contribution in [0, 0.1) is 0 Å². The van der Waals surface area contributed by atoms with Crippen molar-refractivity contribution in [3.63, 3.8) is 0 Å². The molecule has 2 fully saturated rings. The van der Waals surface area contributed by atoms with Crippen LogP contribution in [0.3, 0.4) is 0 Å². The van der Waals surface area contributed by atoms with Gasteiger partial charge in [0.05, 0.1) is 0 Å². The van der Waals surface area contributed by atoms with Gasteiger partial charge in [0, 0.05) is 12.1 Å². The predicted molar refractivity (Wildman–Crippen MR) is 78.0 cm³/mol. The second-order valence-electron chi connectivity index (χ2n) is 6.10. The van der Waals surface area contributed by atoms with Crippen LogP contribution in [-0.2, 0) is 0 Å². The lowest BCUT2D eigenvalue weighted by Gasteiger charge is -2.31. The van der Waals surface area contributed by atoms with E-state index in [0.29, 0.717) is 0 Å². The van der Waals surface area contributed by atoms with E-state index in [4.69, 9.17) is 0 Å². The van der Waals surface area contributed by atoms with Gasteiger partial charge in [-0.15, -0.1) is 0 Å². The van der Waals surface area contributed by atoms with Crippen LogP contribution < -0.4 is 10.6 Å². The zero-order valence-corrected chi connectivity index (χ0v) is 12.1. The first-order chi connectivity index (χ1) is 8.86. The maximum Gasteiger partial charge on any atom is 0.00922 e. The van der Waals surface area contributed by atoms with Gasteiger partial charge in [-0.05, 0) is 65.3 Å². The smallest absolute Gasteiger partial charge is 0.00922 e. The molecule has 106 valence electrons. The van der Waals surface area contributed by atoms with Gasteiger partial charge < -0.3 is 15.5 Å². The summed E-state index contributed by atoms with van der Waals surface area (Å²) >= 11 is 0. The minimum atomic E-state index is 0.770. The van der Waals surface area contributed by atoms with Crippen LogP contribution in [0.4, 0.5) is 0 Å². The number of piperidine rings is 1. The highest BCUT2D eigenvalue weighted by Gasteiger charge is 2.17. The Bertz CT molecular complexity index is 208. The first kappa shape index (κ1) is 14.3. The van der Waals surface area contributed by atoms with E-state index in [0.717, 1.165) is 12.1 Å². The van der Waals surface area contributed by atoms with Crippen molar-refractivity contribution in [2.45, 2.75) is 63.5 Å². The average molecular weight is 253 g/mol. The molecule has 1 saturated heterocycles. The molecular weight excluding hydrogens is 222 g/mol. The Morgan fingerprint density at radius 2 is 1.78 bits per heavy atom. The average Bonchev–Trinajstić information content (AvgIpc) is 2.45. The largest absolute Gasteiger partial charge is 0.317 e. The van der Waals surface area contributed by atoms with Crippen LogP contribution in [0.2, 0.25) is 0 Å². The number of rotatable bonds is 6. The number of hydrogen-bond acceptors (Lipinski definition) is 3. The van der Waals surface area contributed by atoms with Crippen LogP contribution >= 0.6 is 0 Å². The molecular formula is C15H31N3. The topological polar surface area (TPSA) is 27.3 Å². The van der Waals surface area contributed by atoms with Gasteiger partial charge in [0.1, 0.15) is 0 Å². The summed E-state index contributed by atoms with van der Waals surface area (Å²) in [4.78, 5) is 2.60. The van der Waals surface area contributed by atoms with Gasteiger partial charge in [-0.3, -0.25) is 0 Å². The molecule has 2 rings (SSSR count). The van der Waals surface area contributed by atoms with E-state index >= 15 is 0 Å². The van der Waals surface area contributed by atoms with E-state index in [1.165, 1.54) is 77.5 Å². The van der Waals surface area contributed by atoms with Gasteiger partial charge in [-0.2, -0.15) is 0 Å². The molecule has 0 atom stereocenters. The van der Waals surface area contributed by atoms with Gasteiger partial charge in [0.25, 0.3) is 0 Å². The summed E-state index contributed by atoms with van der Waals surface area (Å²) in [6, 6.07) is 1.64. The van der Waals surface area contributed by atoms with E-state index in [1.807, 2.05) is 0 Å². The van der Waals surface area contributed by atoms with Gasteiger partial charge in [0.15, 0.2) is 0 Å². The van der Waals surface area contributed by atoms with Gasteiger partial charge in [-0.25, -0.2) is 0 Å². The molecule has 3 heteroatoms. The second kappa shape index (κ2) is 8.13. The van der Waals surface area contributed by atoms with Crippen molar-refractivity contribution in [2.24, 2.45) is 0 Å². The standard InChI is InChI=1S/C15H31N3/c1-18(15-6-3-2-4-7-15)13-5-10-17-14-8-11-16-12-9-14/h14-17H,2-13H2,1H3. The first-order valence-corrected chi connectivity index (χ1v) is 8.00. The van der Waals surface area contributed by atoms with Gasteiger partial charge >= 0.3 is 0 Å².